The van der Waals surface area contributed by atoms with Crippen LogP contribution in [0.1, 0.15) is 16.7 Å². The van der Waals surface area contributed by atoms with Crippen molar-refractivity contribution in [1.82, 2.24) is 0 Å². The molecule has 3 aromatic carbocycles. The summed E-state index contributed by atoms with van der Waals surface area (Å²) in [6, 6.07) is 16.6. The van der Waals surface area contributed by atoms with Crippen LogP contribution in [0, 0.1) is 6.92 Å². The maximum Gasteiger partial charge on any atom is 0.180 e. The number of hydrogen-bond acceptors (Lipinski definition) is 3. The number of aryl methyl sites for hydroxylation is 1. The van der Waals surface area contributed by atoms with E-state index in [4.69, 9.17) is 44.3 Å². The summed E-state index contributed by atoms with van der Waals surface area (Å²) < 4.78 is 11.3. The molecule has 144 valence electrons. The van der Waals surface area contributed by atoms with Gasteiger partial charge in [-0.3, -0.25) is 4.99 Å². The number of benzene rings is 3. The fraction of sp³-hybridized carbons (Fsp3) is 0.136. The Balaban J connectivity index is 1.83. The van der Waals surface area contributed by atoms with E-state index in [1.165, 1.54) is 0 Å². The summed E-state index contributed by atoms with van der Waals surface area (Å²) in [5.74, 6) is 0.999. The molecule has 0 amide bonds. The van der Waals surface area contributed by atoms with Gasteiger partial charge in [-0.25, -0.2) is 0 Å². The second-order valence-corrected chi connectivity index (χ2v) is 7.42. The molecule has 0 heterocycles. The summed E-state index contributed by atoms with van der Waals surface area (Å²) in [5.41, 5.74) is 3.55. The van der Waals surface area contributed by atoms with E-state index in [1.54, 1.807) is 19.4 Å². The van der Waals surface area contributed by atoms with Gasteiger partial charge < -0.3 is 9.47 Å². The molecular formula is C22H18Cl3NO2. The Hall–Kier alpha value is -2.20. The van der Waals surface area contributed by atoms with E-state index >= 15 is 0 Å². The lowest BCUT2D eigenvalue weighted by molar-refractivity contribution is 0.284. The van der Waals surface area contributed by atoms with Gasteiger partial charge in [-0.15, -0.1) is 0 Å². The Labute approximate surface area is 179 Å². The third kappa shape index (κ3) is 5.20. The number of ether oxygens (including phenoxy) is 2. The standard InChI is InChI=1S/C22H18Cl3NO2/c1-14-6-7-18(24)11-20(14)26-12-16-9-19(25)22(21(10-16)27-2)28-13-15-4-3-5-17(23)8-15/h3-12H,13H2,1-2H3. The van der Waals surface area contributed by atoms with Crippen LogP contribution in [0.2, 0.25) is 15.1 Å². The molecule has 0 saturated heterocycles. The zero-order valence-electron chi connectivity index (χ0n) is 15.4. The van der Waals surface area contributed by atoms with Crippen molar-refractivity contribution in [1.29, 1.82) is 0 Å². The van der Waals surface area contributed by atoms with Crippen LogP contribution in [0.15, 0.2) is 59.6 Å². The molecule has 0 fully saturated rings. The van der Waals surface area contributed by atoms with Crippen molar-refractivity contribution in [3.8, 4) is 11.5 Å². The molecule has 0 unspecified atom stereocenters. The summed E-state index contributed by atoms with van der Waals surface area (Å²) in [4.78, 5) is 4.51. The molecule has 0 aromatic heterocycles. The van der Waals surface area contributed by atoms with Crippen LogP contribution in [0.4, 0.5) is 5.69 Å². The Bertz CT molecular complexity index is 1020. The first-order chi connectivity index (χ1) is 13.5. The highest BCUT2D eigenvalue weighted by atomic mass is 35.5. The average molecular weight is 435 g/mol. The van der Waals surface area contributed by atoms with Gasteiger partial charge in [0.2, 0.25) is 0 Å². The van der Waals surface area contributed by atoms with Crippen LogP contribution >= 0.6 is 34.8 Å². The third-order valence-electron chi connectivity index (χ3n) is 4.05. The van der Waals surface area contributed by atoms with E-state index in [-0.39, 0.29) is 0 Å². The predicted molar refractivity (Wildman–Crippen MR) is 117 cm³/mol. The van der Waals surface area contributed by atoms with Crippen LogP contribution < -0.4 is 9.47 Å². The zero-order valence-corrected chi connectivity index (χ0v) is 17.6. The monoisotopic (exact) mass is 433 g/mol. The molecule has 3 nitrogen and oxygen atoms in total. The highest BCUT2D eigenvalue weighted by Gasteiger charge is 2.12. The van der Waals surface area contributed by atoms with Crippen molar-refractivity contribution in [3.05, 3.63) is 86.4 Å². The van der Waals surface area contributed by atoms with E-state index in [2.05, 4.69) is 4.99 Å². The van der Waals surface area contributed by atoms with Gasteiger partial charge in [-0.2, -0.15) is 0 Å². The third-order valence-corrected chi connectivity index (χ3v) is 4.80. The van der Waals surface area contributed by atoms with E-state index in [0.29, 0.717) is 33.2 Å². The van der Waals surface area contributed by atoms with Crippen molar-refractivity contribution < 1.29 is 9.47 Å². The fourth-order valence-electron chi connectivity index (χ4n) is 2.60. The van der Waals surface area contributed by atoms with Gasteiger partial charge in [0, 0.05) is 16.3 Å². The van der Waals surface area contributed by atoms with Gasteiger partial charge in [0.05, 0.1) is 17.8 Å². The number of hydrogen-bond donors (Lipinski definition) is 0. The quantitative estimate of drug-likeness (QED) is 0.381. The summed E-state index contributed by atoms with van der Waals surface area (Å²) in [6.07, 6.45) is 1.72. The maximum atomic E-state index is 6.44. The molecular weight excluding hydrogens is 417 g/mol. The van der Waals surface area contributed by atoms with E-state index in [9.17, 15) is 0 Å². The van der Waals surface area contributed by atoms with Crippen LogP contribution in [-0.2, 0) is 6.61 Å². The molecule has 28 heavy (non-hydrogen) atoms. The first-order valence-corrected chi connectivity index (χ1v) is 9.64. The first-order valence-electron chi connectivity index (χ1n) is 8.51. The Kier molecular flexibility index (Phi) is 6.84. The summed E-state index contributed by atoms with van der Waals surface area (Å²) in [6.45, 7) is 2.30. The fourth-order valence-corrected chi connectivity index (χ4v) is 3.26. The molecule has 3 aromatic rings. The minimum atomic E-state index is 0.325. The highest BCUT2D eigenvalue weighted by molar-refractivity contribution is 6.32. The lowest BCUT2D eigenvalue weighted by Crippen LogP contribution is -1.99. The van der Waals surface area contributed by atoms with Crippen molar-refractivity contribution in [2.75, 3.05) is 7.11 Å². The molecule has 0 spiro atoms. The molecule has 0 saturated carbocycles. The van der Waals surface area contributed by atoms with Crippen molar-refractivity contribution >= 4 is 46.7 Å². The molecule has 0 atom stereocenters. The molecule has 0 bridgehead atoms. The minimum Gasteiger partial charge on any atom is -0.493 e. The van der Waals surface area contributed by atoms with E-state index in [1.807, 2.05) is 55.5 Å². The van der Waals surface area contributed by atoms with E-state index in [0.717, 1.165) is 22.4 Å². The molecule has 0 N–H and O–H groups in total. The normalized spacial score (nSPS) is 11.0. The Morgan fingerprint density at radius 1 is 0.964 bits per heavy atom. The predicted octanol–water partition coefficient (Wildman–Crippen LogP) is 7.29. The maximum absolute atomic E-state index is 6.44. The van der Waals surface area contributed by atoms with Gasteiger partial charge in [-0.05, 0) is 60.0 Å². The molecule has 0 aliphatic rings. The van der Waals surface area contributed by atoms with Crippen LogP contribution in [0.5, 0.6) is 11.5 Å². The first kappa shape index (κ1) is 20.5. The SMILES string of the molecule is COc1cc(C=Nc2cc(Cl)ccc2C)cc(Cl)c1OCc1cccc(Cl)c1. The minimum absolute atomic E-state index is 0.325. The van der Waals surface area contributed by atoms with E-state index < -0.39 is 0 Å². The van der Waals surface area contributed by atoms with Crippen LogP contribution in [0.25, 0.3) is 0 Å². The Morgan fingerprint density at radius 3 is 2.50 bits per heavy atom. The topological polar surface area (TPSA) is 30.8 Å². The van der Waals surface area contributed by atoms with Gasteiger partial charge in [-0.1, -0.05) is 53.0 Å². The van der Waals surface area contributed by atoms with Gasteiger partial charge in [0.1, 0.15) is 6.61 Å². The van der Waals surface area contributed by atoms with Crippen molar-refractivity contribution in [2.45, 2.75) is 13.5 Å². The Morgan fingerprint density at radius 2 is 1.75 bits per heavy atom. The molecule has 0 aliphatic heterocycles. The second-order valence-electron chi connectivity index (χ2n) is 6.14. The number of halogens is 3. The van der Waals surface area contributed by atoms with Crippen molar-refractivity contribution in [2.24, 2.45) is 4.99 Å². The van der Waals surface area contributed by atoms with Crippen LogP contribution in [-0.4, -0.2) is 13.3 Å². The molecule has 3 rings (SSSR count). The highest BCUT2D eigenvalue weighted by Crippen LogP contribution is 2.37. The zero-order chi connectivity index (χ0) is 20.1. The van der Waals surface area contributed by atoms with Gasteiger partial charge in [0.25, 0.3) is 0 Å². The second kappa shape index (κ2) is 9.33. The summed E-state index contributed by atoms with van der Waals surface area (Å²) in [7, 11) is 1.57. The van der Waals surface area contributed by atoms with Crippen molar-refractivity contribution in [3.63, 3.8) is 0 Å². The largest absolute Gasteiger partial charge is 0.493 e. The lowest BCUT2D eigenvalue weighted by Gasteiger charge is -2.13. The smallest absolute Gasteiger partial charge is 0.180 e. The molecule has 0 aliphatic carbocycles. The lowest BCUT2D eigenvalue weighted by atomic mass is 10.2. The number of aliphatic imine (C=N–C) groups is 1. The number of rotatable bonds is 6. The van der Waals surface area contributed by atoms with Crippen LogP contribution in [0.3, 0.4) is 0 Å². The van der Waals surface area contributed by atoms with Gasteiger partial charge in [0.15, 0.2) is 11.5 Å². The molecule has 0 radical (unpaired) electrons. The summed E-state index contributed by atoms with van der Waals surface area (Å²) in [5, 5.41) is 1.73. The average Bonchev–Trinajstić information content (AvgIpc) is 2.67. The number of nitrogens with zero attached hydrogens (tertiary/aromatic N) is 1. The molecule has 6 heteroatoms. The summed E-state index contributed by atoms with van der Waals surface area (Å²) >= 11 is 18.5. The number of methoxy groups -OCH3 is 1. The van der Waals surface area contributed by atoms with Gasteiger partial charge >= 0.3 is 0 Å².